The second-order valence-corrected chi connectivity index (χ2v) is 7.94. The van der Waals surface area contributed by atoms with E-state index in [-0.39, 0.29) is 30.9 Å². The van der Waals surface area contributed by atoms with Crippen molar-refractivity contribution >= 4 is 17.5 Å². The van der Waals surface area contributed by atoms with E-state index >= 15 is 0 Å². The Labute approximate surface area is 183 Å². The van der Waals surface area contributed by atoms with Gasteiger partial charge in [-0.25, -0.2) is 0 Å². The topological polar surface area (TPSA) is 71.1 Å². The molecule has 0 saturated carbocycles. The molecule has 7 nitrogen and oxygen atoms in total. The molecule has 1 heterocycles. The fourth-order valence-corrected chi connectivity index (χ4v) is 3.95. The molecule has 2 aromatic carbocycles. The number of likely N-dealkylation sites (N-methyl/N-ethyl adjacent to an activating group) is 1. The number of carbonyl (C=O) groups excluding carboxylic acids is 2. The van der Waals surface area contributed by atoms with E-state index in [0.29, 0.717) is 6.54 Å². The molecule has 2 amide bonds. The maximum Gasteiger partial charge on any atom is 0.238 e. The van der Waals surface area contributed by atoms with E-state index in [4.69, 9.17) is 9.47 Å². The van der Waals surface area contributed by atoms with Crippen LogP contribution in [0.2, 0.25) is 0 Å². The van der Waals surface area contributed by atoms with Crippen LogP contribution in [0.25, 0.3) is 0 Å². The summed E-state index contributed by atoms with van der Waals surface area (Å²) < 4.78 is 10.9. The van der Waals surface area contributed by atoms with Crippen molar-refractivity contribution in [2.75, 3.05) is 46.2 Å². The molecule has 0 aromatic heterocycles. The van der Waals surface area contributed by atoms with E-state index in [1.165, 1.54) is 0 Å². The molecular weight excluding hydrogens is 394 g/mol. The number of benzene rings is 2. The predicted molar refractivity (Wildman–Crippen MR) is 121 cm³/mol. The van der Waals surface area contributed by atoms with Gasteiger partial charge in [-0.3, -0.25) is 14.5 Å². The number of hydrogen-bond donors (Lipinski definition) is 1. The van der Waals surface area contributed by atoms with Crippen LogP contribution < -0.4 is 14.8 Å². The van der Waals surface area contributed by atoms with E-state index in [2.05, 4.69) is 5.32 Å². The Hall–Kier alpha value is -3.06. The lowest BCUT2D eigenvalue weighted by atomic mass is 10.0. The van der Waals surface area contributed by atoms with Gasteiger partial charge in [0.05, 0.1) is 33.4 Å². The zero-order valence-electron chi connectivity index (χ0n) is 18.7. The van der Waals surface area contributed by atoms with Gasteiger partial charge >= 0.3 is 0 Å². The van der Waals surface area contributed by atoms with Gasteiger partial charge < -0.3 is 19.7 Å². The molecule has 166 valence electrons. The number of aryl methyl sites for hydroxylation is 1. The van der Waals surface area contributed by atoms with Crippen LogP contribution in [0.5, 0.6) is 11.5 Å². The minimum atomic E-state index is -0.147. The third-order valence-electron chi connectivity index (χ3n) is 5.52. The van der Waals surface area contributed by atoms with E-state index < -0.39 is 0 Å². The first-order valence-electron chi connectivity index (χ1n) is 10.5. The van der Waals surface area contributed by atoms with Crippen LogP contribution in [-0.4, -0.2) is 62.5 Å². The van der Waals surface area contributed by atoms with Crippen LogP contribution in [0.15, 0.2) is 42.5 Å². The molecule has 3 rings (SSSR count). The van der Waals surface area contributed by atoms with Gasteiger partial charge in [-0.05, 0) is 57.1 Å². The summed E-state index contributed by atoms with van der Waals surface area (Å²) in [4.78, 5) is 29.0. The maximum atomic E-state index is 13.1. The van der Waals surface area contributed by atoms with Crippen LogP contribution in [0.3, 0.4) is 0 Å². The molecule has 1 aliphatic rings. The maximum absolute atomic E-state index is 13.1. The molecule has 1 fully saturated rings. The Morgan fingerprint density at radius 3 is 2.52 bits per heavy atom. The summed E-state index contributed by atoms with van der Waals surface area (Å²) in [5.74, 6) is 1.33. The SMILES string of the molecule is COc1ccc(OC)c(C2CCCN2C(=O)CN(C)CC(=O)Nc2ccc(C)cc2)c1. The highest BCUT2D eigenvalue weighted by Gasteiger charge is 2.32. The average molecular weight is 426 g/mol. The first kappa shape index (κ1) is 22.6. The number of ether oxygens (including phenoxy) is 2. The Balaban J connectivity index is 1.61. The lowest BCUT2D eigenvalue weighted by Gasteiger charge is -2.28. The summed E-state index contributed by atoms with van der Waals surface area (Å²) in [5, 5.41) is 2.87. The van der Waals surface area contributed by atoms with Crippen LogP contribution >= 0.6 is 0 Å². The van der Waals surface area contributed by atoms with Crippen molar-refractivity contribution in [1.29, 1.82) is 0 Å². The predicted octanol–water partition coefficient (Wildman–Crippen LogP) is 3.25. The monoisotopic (exact) mass is 425 g/mol. The molecule has 0 spiro atoms. The number of carbonyl (C=O) groups is 2. The molecule has 1 N–H and O–H groups in total. The first-order chi connectivity index (χ1) is 14.9. The van der Waals surface area contributed by atoms with Crippen molar-refractivity contribution in [1.82, 2.24) is 9.80 Å². The summed E-state index contributed by atoms with van der Waals surface area (Å²) in [6.45, 7) is 3.00. The number of nitrogens with zero attached hydrogens (tertiary/aromatic N) is 2. The minimum absolute atomic E-state index is 0.00184. The number of anilines is 1. The average Bonchev–Trinajstić information content (AvgIpc) is 3.24. The quantitative estimate of drug-likeness (QED) is 0.703. The number of likely N-dealkylation sites (tertiary alicyclic amines) is 1. The van der Waals surface area contributed by atoms with Crippen LogP contribution in [0.1, 0.15) is 30.0 Å². The highest BCUT2D eigenvalue weighted by Crippen LogP contribution is 2.38. The largest absolute Gasteiger partial charge is 0.497 e. The molecule has 1 aliphatic heterocycles. The number of nitrogens with one attached hydrogen (secondary N) is 1. The van der Waals surface area contributed by atoms with Crippen LogP contribution in [-0.2, 0) is 9.59 Å². The van der Waals surface area contributed by atoms with Gasteiger partial charge in [-0.2, -0.15) is 0 Å². The van der Waals surface area contributed by atoms with Gasteiger partial charge in [0.15, 0.2) is 0 Å². The lowest BCUT2D eigenvalue weighted by molar-refractivity contribution is -0.133. The minimum Gasteiger partial charge on any atom is -0.497 e. The fraction of sp³-hybridized carbons (Fsp3) is 0.417. The second-order valence-electron chi connectivity index (χ2n) is 7.94. The summed E-state index contributed by atoms with van der Waals surface area (Å²) in [7, 11) is 5.04. The zero-order valence-corrected chi connectivity index (χ0v) is 18.7. The smallest absolute Gasteiger partial charge is 0.238 e. The lowest BCUT2D eigenvalue weighted by Crippen LogP contribution is -2.41. The fourth-order valence-electron chi connectivity index (χ4n) is 3.95. The van der Waals surface area contributed by atoms with E-state index in [0.717, 1.165) is 41.2 Å². The van der Waals surface area contributed by atoms with Gasteiger partial charge in [-0.15, -0.1) is 0 Å². The standard InChI is InChI=1S/C24H31N3O4/c1-17-7-9-18(10-8-17)25-23(28)15-26(2)16-24(29)27-13-5-6-21(27)20-14-19(30-3)11-12-22(20)31-4/h7-12,14,21H,5-6,13,15-16H2,1-4H3,(H,25,28). The molecule has 7 heteroatoms. The summed E-state index contributed by atoms with van der Waals surface area (Å²) in [6, 6.07) is 13.2. The van der Waals surface area contributed by atoms with Gasteiger partial charge in [0.25, 0.3) is 0 Å². The summed E-state index contributed by atoms with van der Waals surface area (Å²) in [6.07, 6.45) is 1.79. The molecule has 1 saturated heterocycles. The molecule has 0 radical (unpaired) electrons. The van der Waals surface area contributed by atoms with Crippen molar-refractivity contribution in [2.45, 2.75) is 25.8 Å². The number of rotatable bonds is 8. The van der Waals surface area contributed by atoms with Crippen LogP contribution in [0, 0.1) is 6.92 Å². The molecule has 31 heavy (non-hydrogen) atoms. The van der Waals surface area contributed by atoms with E-state index in [1.807, 2.05) is 54.3 Å². The third-order valence-corrected chi connectivity index (χ3v) is 5.52. The molecule has 0 aliphatic carbocycles. The van der Waals surface area contributed by atoms with E-state index in [1.54, 1.807) is 26.2 Å². The molecule has 0 bridgehead atoms. The zero-order chi connectivity index (χ0) is 22.4. The molecular formula is C24H31N3O4. The Morgan fingerprint density at radius 1 is 1.10 bits per heavy atom. The van der Waals surface area contributed by atoms with Crippen molar-refractivity contribution in [3.05, 3.63) is 53.6 Å². The van der Waals surface area contributed by atoms with Crippen molar-refractivity contribution in [3.63, 3.8) is 0 Å². The van der Waals surface area contributed by atoms with Crippen molar-refractivity contribution in [3.8, 4) is 11.5 Å². The van der Waals surface area contributed by atoms with Crippen molar-refractivity contribution in [2.24, 2.45) is 0 Å². The number of amides is 2. The number of methoxy groups -OCH3 is 2. The second kappa shape index (κ2) is 10.3. The number of hydrogen-bond acceptors (Lipinski definition) is 5. The van der Waals surface area contributed by atoms with Gasteiger partial charge in [0, 0.05) is 17.8 Å². The summed E-state index contributed by atoms with van der Waals surface area (Å²) >= 11 is 0. The van der Waals surface area contributed by atoms with Gasteiger partial charge in [0.1, 0.15) is 11.5 Å². The Bertz CT molecular complexity index is 914. The Kier molecular flexibility index (Phi) is 7.52. The summed E-state index contributed by atoms with van der Waals surface area (Å²) in [5.41, 5.74) is 2.83. The van der Waals surface area contributed by atoms with Gasteiger partial charge in [-0.1, -0.05) is 17.7 Å². The molecule has 2 aromatic rings. The van der Waals surface area contributed by atoms with Gasteiger partial charge in [0.2, 0.25) is 11.8 Å². The molecule has 1 atom stereocenters. The van der Waals surface area contributed by atoms with E-state index in [9.17, 15) is 9.59 Å². The highest BCUT2D eigenvalue weighted by molar-refractivity contribution is 5.92. The highest BCUT2D eigenvalue weighted by atomic mass is 16.5. The Morgan fingerprint density at radius 2 is 1.84 bits per heavy atom. The van der Waals surface area contributed by atoms with Crippen LogP contribution in [0.4, 0.5) is 5.69 Å². The normalized spacial score (nSPS) is 15.8. The first-order valence-corrected chi connectivity index (χ1v) is 10.5. The third kappa shape index (κ3) is 5.76. The van der Waals surface area contributed by atoms with Crippen molar-refractivity contribution < 1.29 is 19.1 Å². The molecule has 1 unspecified atom stereocenters.